The summed E-state index contributed by atoms with van der Waals surface area (Å²) < 4.78 is 5.52. The normalized spacial score (nSPS) is 13.1. The average molecular weight is 343 g/mol. The van der Waals surface area contributed by atoms with Crippen LogP contribution in [-0.4, -0.2) is 18.9 Å². The molecule has 2 amide bonds. The number of aryl methyl sites for hydroxylation is 1. The van der Waals surface area contributed by atoms with Crippen LogP contribution in [0.25, 0.3) is 11.1 Å². The largest absolute Gasteiger partial charge is 0.495 e. The molecule has 0 fully saturated rings. The van der Waals surface area contributed by atoms with Gasteiger partial charge in [0.1, 0.15) is 5.75 Å². The van der Waals surface area contributed by atoms with Crippen molar-refractivity contribution < 1.29 is 14.3 Å². The van der Waals surface area contributed by atoms with E-state index in [0.29, 0.717) is 22.6 Å². The number of amides is 2. The van der Waals surface area contributed by atoms with Gasteiger partial charge in [-0.05, 0) is 47.9 Å². The molecule has 0 aliphatic carbocycles. The SMILES string of the molecule is COc1cc(-c2ccccc2)c(C)cc1N1C(=O)c2ccccc2C1=O. The fraction of sp³-hybridized carbons (Fsp3) is 0.0909. The van der Waals surface area contributed by atoms with Crippen LogP contribution in [0.2, 0.25) is 0 Å². The number of carbonyl (C=O) groups excluding carboxylic acids is 2. The molecule has 0 radical (unpaired) electrons. The molecule has 128 valence electrons. The predicted molar refractivity (Wildman–Crippen MR) is 101 cm³/mol. The molecule has 3 aromatic rings. The lowest BCUT2D eigenvalue weighted by molar-refractivity contribution is 0.0925. The van der Waals surface area contributed by atoms with Gasteiger partial charge in [0.2, 0.25) is 0 Å². The molecule has 1 aliphatic rings. The molecule has 0 aromatic heterocycles. The van der Waals surface area contributed by atoms with Gasteiger partial charge < -0.3 is 4.74 Å². The van der Waals surface area contributed by atoms with Gasteiger partial charge in [-0.25, -0.2) is 4.90 Å². The van der Waals surface area contributed by atoms with Crippen LogP contribution in [0.5, 0.6) is 5.75 Å². The highest BCUT2D eigenvalue weighted by atomic mass is 16.5. The number of methoxy groups -OCH3 is 1. The van der Waals surface area contributed by atoms with Gasteiger partial charge >= 0.3 is 0 Å². The van der Waals surface area contributed by atoms with E-state index in [1.165, 1.54) is 4.90 Å². The van der Waals surface area contributed by atoms with Crippen LogP contribution in [0.15, 0.2) is 66.7 Å². The molecule has 1 aliphatic heterocycles. The zero-order chi connectivity index (χ0) is 18.3. The second kappa shape index (κ2) is 6.15. The lowest BCUT2D eigenvalue weighted by Gasteiger charge is -2.20. The lowest BCUT2D eigenvalue weighted by Crippen LogP contribution is -2.29. The number of anilines is 1. The Labute approximate surface area is 151 Å². The number of hydrogen-bond donors (Lipinski definition) is 0. The topological polar surface area (TPSA) is 46.6 Å². The Morgan fingerprint density at radius 1 is 0.769 bits per heavy atom. The second-order valence-corrected chi connectivity index (χ2v) is 6.20. The summed E-state index contributed by atoms with van der Waals surface area (Å²) in [5, 5.41) is 0. The monoisotopic (exact) mass is 343 g/mol. The van der Waals surface area contributed by atoms with E-state index < -0.39 is 0 Å². The third-order valence-electron chi connectivity index (χ3n) is 4.65. The zero-order valence-electron chi connectivity index (χ0n) is 14.5. The first kappa shape index (κ1) is 16.1. The summed E-state index contributed by atoms with van der Waals surface area (Å²) in [5.74, 6) is -0.157. The third kappa shape index (κ3) is 2.39. The number of carbonyl (C=O) groups is 2. The van der Waals surface area contributed by atoms with Crippen molar-refractivity contribution in [1.82, 2.24) is 0 Å². The third-order valence-corrected chi connectivity index (χ3v) is 4.65. The number of rotatable bonds is 3. The van der Waals surface area contributed by atoms with Crippen LogP contribution in [0.1, 0.15) is 26.3 Å². The molecule has 26 heavy (non-hydrogen) atoms. The lowest BCUT2D eigenvalue weighted by atomic mass is 9.99. The first-order chi connectivity index (χ1) is 12.6. The van der Waals surface area contributed by atoms with Crippen LogP contribution >= 0.6 is 0 Å². The molecule has 0 unspecified atom stereocenters. The Balaban J connectivity index is 1.85. The van der Waals surface area contributed by atoms with Crippen molar-refractivity contribution in [2.24, 2.45) is 0 Å². The minimum absolute atomic E-state index is 0.323. The van der Waals surface area contributed by atoms with Crippen molar-refractivity contribution in [2.75, 3.05) is 12.0 Å². The number of imide groups is 1. The molecule has 0 saturated heterocycles. The highest BCUT2D eigenvalue weighted by Crippen LogP contribution is 2.39. The maximum absolute atomic E-state index is 12.8. The summed E-state index contributed by atoms with van der Waals surface area (Å²) >= 11 is 0. The van der Waals surface area contributed by atoms with Crippen LogP contribution in [-0.2, 0) is 0 Å². The molecule has 0 saturated carbocycles. The maximum atomic E-state index is 12.8. The number of ether oxygens (including phenoxy) is 1. The average Bonchev–Trinajstić information content (AvgIpc) is 2.93. The Bertz CT molecular complexity index is 990. The Morgan fingerprint density at radius 3 is 1.92 bits per heavy atom. The van der Waals surface area contributed by atoms with Gasteiger partial charge in [-0.15, -0.1) is 0 Å². The molecule has 0 bridgehead atoms. The number of benzene rings is 3. The molecule has 3 aromatic carbocycles. The first-order valence-electron chi connectivity index (χ1n) is 8.33. The van der Waals surface area contributed by atoms with Crippen molar-refractivity contribution in [3.63, 3.8) is 0 Å². The van der Waals surface area contributed by atoms with Gasteiger partial charge in [-0.3, -0.25) is 9.59 Å². The van der Waals surface area contributed by atoms with Gasteiger partial charge in [0, 0.05) is 0 Å². The summed E-state index contributed by atoms with van der Waals surface area (Å²) in [7, 11) is 1.54. The zero-order valence-corrected chi connectivity index (χ0v) is 14.5. The molecular formula is C22H17NO3. The standard InChI is InChI=1S/C22H17NO3/c1-14-12-19(20(26-2)13-18(14)15-8-4-3-5-9-15)23-21(24)16-10-6-7-11-17(16)22(23)25/h3-13H,1-2H3. The Morgan fingerprint density at radius 2 is 1.35 bits per heavy atom. The van der Waals surface area contributed by atoms with Crippen molar-refractivity contribution in [3.8, 4) is 16.9 Å². The highest BCUT2D eigenvalue weighted by Gasteiger charge is 2.38. The molecule has 0 spiro atoms. The van der Waals surface area contributed by atoms with E-state index in [2.05, 4.69) is 0 Å². The molecule has 0 N–H and O–H groups in total. The van der Waals surface area contributed by atoms with Crippen molar-refractivity contribution >= 4 is 17.5 Å². The summed E-state index contributed by atoms with van der Waals surface area (Å²) in [6.45, 7) is 1.96. The number of fused-ring (bicyclic) bond motifs is 1. The van der Waals surface area contributed by atoms with E-state index in [1.807, 2.05) is 49.4 Å². The Kier molecular flexibility index (Phi) is 3.81. The first-order valence-corrected chi connectivity index (χ1v) is 8.33. The van der Waals surface area contributed by atoms with Crippen LogP contribution in [0.4, 0.5) is 5.69 Å². The minimum atomic E-state index is -0.323. The molecular weight excluding hydrogens is 326 g/mol. The van der Waals surface area contributed by atoms with E-state index in [0.717, 1.165) is 16.7 Å². The van der Waals surface area contributed by atoms with Crippen LogP contribution in [0, 0.1) is 6.92 Å². The number of hydrogen-bond acceptors (Lipinski definition) is 3. The molecule has 4 rings (SSSR count). The van der Waals surface area contributed by atoms with Crippen molar-refractivity contribution in [3.05, 3.63) is 83.4 Å². The fourth-order valence-electron chi connectivity index (χ4n) is 3.35. The van der Waals surface area contributed by atoms with E-state index in [1.54, 1.807) is 31.4 Å². The quantitative estimate of drug-likeness (QED) is 0.659. The maximum Gasteiger partial charge on any atom is 0.266 e. The molecule has 4 heteroatoms. The van der Waals surface area contributed by atoms with Gasteiger partial charge in [0.15, 0.2) is 0 Å². The second-order valence-electron chi connectivity index (χ2n) is 6.20. The van der Waals surface area contributed by atoms with E-state index in [-0.39, 0.29) is 11.8 Å². The molecule has 0 atom stereocenters. The fourth-order valence-corrected chi connectivity index (χ4v) is 3.35. The van der Waals surface area contributed by atoms with Gasteiger partial charge in [0.25, 0.3) is 11.8 Å². The summed E-state index contributed by atoms with van der Waals surface area (Å²) in [4.78, 5) is 26.8. The van der Waals surface area contributed by atoms with Gasteiger partial charge in [-0.1, -0.05) is 42.5 Å². The summed E-state index contributed by atoms with van der Waals surface area (Å²) in [5.41, 5.74) is 4.33. The predicted octanol–water partition coefficient (Wildman–Crippen LogP) is 4.47. The van der Waals surface area contributed by atoms with Crippen LogP contribution in [0.3, 0.4) is 0 Å². The van der Waals surface area contributed by atoms with E-state index >= 15 is 0 Å². The van der Waals surface area contributed by atoms with E-state index in [4.69, 9.17) is 4.74 Å². The van der Waals surface area contributed by atoms with Gasteiger partial charge in [0.05, 0.1) is 23.9 Å². The highest BCUT2D eigenvalue weighted by molar-refractivity contribution is 6.34. The summed E-state index contributed by atoms with van der Waals surface area (Å²) in [6, 6.07) is 20.5. The Hall–Kier alpha value is -3.40. The number of nitrogens with zero attached hydrogens (tertiary/aromatic N) is 1. The smallest absolute Gasteiger partial charge is 0.266 e. The van der Waals surface area contributed by atoms with Crippen molar-refractivity contribution in [1.29, 1.82) is 0 Å². The van der Waals surface area contributed by atoms with E-state index in [9.17, 15) is 9.59 Å². The van der Waals surface area contributed by atoms with Gasteiger partial charge in [-0.2, -0.15) is 0 Å². The molecule has 4 nitrogen and oxygen atoms in total. The molecule has 1 heterocycles. The minimum Gasteiger partial charge on any atom is -0.495 e. The van der Waals surface area contributed by atoms with Crippen molar-refractivity contribution in [2.45, 2.75) is 6.92 Å². The van der Waals surface area contributed by atoms with Crippen LogP contribution < -0.4 is 9.64 Å². The summed E-state index contributed by atoms with van der Waals surface area (Å²) in [6.07, 6.45) is 0.